The van der Waals surface area contributed by atoms with Crippen LogP contribution in [0.3, 0.4) is 0 Å². The standard InChI is InChI=1S/C14H17N3O2/c1-18-10-3-4-13(19-2)11(9-10)12-5-6-15-14-16-7-8-17(12)14/h3-4,7-9,12H,5-6H2,1-2H3,(H,15,16). The highest BCUT2D eigenvalue weighted by Crippen LogP contribution is 2.36. The summed E-state index contributed by atoms with van der Waals surface area (Å²) in [5.74, 6) is 2.63. The minimum Gasteiger partial charge on any atom is -0.497 e. The molecule has 0 spiro atoms. The van der Waals surface area contributed by atoms with Crippen LogP contribution in [0.5, 0.6) is 11.5 Å². The van der Waals surface area contributed by atoms with Crippen LogP contribution in [0, 0.1) is 0 Å². The summed E-state index contributed by atoms with van der Waals surface area (Å²) in [5.41, 5.74) is 1.13. The number of imidazole rings is 1. The monoisotopic (exact) mass is 259 g/mol. The van der Waals surface area contributed by atoms with Crippen molar-refractivity contribution in [2.75, 3.05) is 26.1 Å². The van der Waals surface area contributed by atoms with Gasteiger partial charge in [0.2, 0.25) is 5.95 Å². The van der Waals surface area contributed by atoms with Crippen molar-refractivity contribution in [1.82, 2.24) is 9.55 Å². The number of hydrogen-bond donors (Lipinski definition) is 1. The zero-order valence-corrected chi connectivity index (χ0v) is 11.1. The van der Waals surface area contributed by atoms with Gasteiger partial charge in [-0.2, -0.15) is 0 Å². The van der Waals surface area contributed by atoms with E-state index < -0.39 is 0 Å². The molecule has 1 aliphatic heterocycles. The Bertz CT molecular complexity index is 580. The first-order valence-electron chi connectivity index (χ1n) is 6.32. The summed E-state index contributed by atoms with van der Waals surface area (Å²) < 4.78 is 12.9. The van der Waals surface area contributed by atoms with E-state index in [1.807, 2.05) is 30.6 Å². The number of anilines is 1. The molecule has 0 radical (unpaired) electrons. The molecule has 5 heteroatoms. The molecule has 0 saturated carbocycles. The van der Waals surface area contributed by atoms with Gasteiger partial charge in [-0.05, 0) is 24.6 Å². The van der Waals surface area contributed by atoms with Crippen LogP contribution in [-0.4, -0.2) is 30.3 Å². The van der Waals surface area contributed by atoms with Gasteiger partial charge in [-0.1, -0.05) is 0 Å². The Labute approximate surface area is 112 Å². The van der Waals surface area contributed by atoms with E-state index in [4.69, 9.17) is 9.47 Å². The number of hydrogen-bond acceptors (Lipinski definition) is 4. The lowest BCUT2D eigenvalue weighted by atomic mass is 10.0. The third-order valence-electron chi connectivity index (χ3n) is 3.50. The summed E-state index contributed by atoms with van der Waals surface area (Å²) >= 11 is 0. The highest BCUT2D eigenvalue weighted by Gasteiger charge is 2.24. The van der Waals surface area contributed by atoms with Gasteiger partial charge in [0.15, 0.2) is 0 Å². The van der Waals surface area contributed by atoms with Crippen LogP contribution < -0.4 is 14.8 Å². The van der Waals surface area contributed by atoms with Crippen LogP contribution in [0.2, 0.25) is 0 Å². The number of ether oxygens (including phenoxy) is 2. The van der Waals surface area contributed by atoms with Crippen LogP contribution >= 0.6 is 0 Å². The molecule has 5 nitrogen and oxygen atoms in total. The van der Waals surface area contributed by atoms with Crippen molar-refractivity contribution in [2.45, 2.75) is 12.5 Å². The molecule has 1 aromatic heterocycles. The number of nitrogens with zero attached hydrogens (tertiary/aromatic N) is 2. The normalized spacial score (nSPS) is 17.5. The van der Waals surface area contributed by atoms with E-state index in [-0.39, 0.29) is 6.04 Å². The minimum absolute atomic E-state index is 0.226. The van der Waals surface area contributed by atoms with Gasteiger partial charge >= 0.3 is 0 Å². The lowest BCUT2D eigenvalue weighted by Gasteiger charge is -2.27. The van der Waals surface area contributed by atoms with Gasteiger partial charge in [0.1, 0.15) is 11.5 Å². The van der Waals surface area contributed by atoms with Crippen molar-refractivity contribution < 1.29 is 9.47 Å². The molecule has 0 bridgehead atoms. The average molecular weight is 259 g/mol. The highest BCUT2D eigenvalue weighted by molar-refractivity contribution is 5.45. The quantitative estimate of drug-likeness (QED) is 0.919. The van der Waals surface area contributed by atoms with Crippen molar-refractivity contribution in [3.8, 4) is 11.5 Å². The zero-order chi connectivity index (χ0) is 13.2. The van der Waals surface area contributed by atoms with Crippen molar-refractivity contribution in [1.29, 1.82) is 0 Å². The molecule has 0 aliphatic carbocycles. The van der Waals surface area contributed by atoms with Crippen molar-refractivity contribution in [3.63, 3.8) is 0 Å². The topological polar surface area (TPSA) is 48.3 Å². The summed E-state index contributed by atoms with van der Waals surface area (Å²) in [6, 6.07) is 6.13. The molecule has 1 N–H and O–H groups in total. The Morgan fingerprint density at radius 2 is 2.21 bits per heavy atom. The molecule has 1 atom stereocenters. The first-order valence-corrected chi connectivity index (χ1v) is 6.32. The number of rotatable bonds is 3. The van der Waals surface area contributed by atoms with E-state index in [0.717, 1.165) is 36.0 Å². The molecule has 1 aliphatic rings. The largest absolute Gasteiger partial charge is 0.497 e. The fourth-order valence-corrected chi connectivity index (χ4v) is 2.57. The summed E-state index contributed by atoms with van der Waals surface area (Å²) in [7, 11) is 3.37. The maximum absolute atomic E-state index is 5.48. The van der Waals surface area contributed by atoms with E-state index in [9.17, 15) is 0 Å². The number of nitrogens with one attached hydrogen (secondary N) is 1. The summed E-state index contributed by atoms with van der Waals surface area (Å²) in [6.07, 6.45) is 4.80. The van der Waals surface area contributed by atoms with Gasteiger partial charge < -0.3 is 19.4 Å². The smallest absolute Gasteiger partial charge is 0.203 e. The van der Waals surface area contributed by atoms with Gasteiger partial charge in [-0.15, -0.1) is 0 Å². The van der Waals surface area contributed by atoms with E-state index in [2.05, 4.69) is 14.9 Å². The molecular weight excluding hydrogens is 242 g/mol. The Balaban J connectivity index is 2.07. The molecule has 0 fully saturated rings. The molecular formula is C14H17N3O2. The van der Waals surface area contributed by atoms with Crippen molar-refractivity contribution >= 4 is 5.95 Å². The third kappa shape index (κ3) is 2.01. The van der Waals surface area contributed by atoms with Gasteiger partial charge in [-0.3, -0.25) is 0 Å². The van der Waals surface area contributed by atoms with E-state index in [1.54, 1.807) is 14.2 Å². The second-order valence-electron chi connectivity index (χ2n) is 4.50. The lowest BCUT2D eigenvalue weighted by Crippen LogP contribution is -2.23. The fraction of sp³-hybridized carbons (Fsp3) is 0.357. The summed E-state index contributed by atoms with van der Waals surface area (Å²) in [4.78, 5) is 4.31. The van der Waals surface area contributed by atoms with Crippen LogP contribution in [0.15, 0.2) is 30.6 Å². The van der Waals surface area contributed by atoms with Crippen LogP contribution in [0.25, 0.3) is 0 Å². The van der Waals surface area contributed by atoms with Crippen LogP contribution in [0.4, 0.5) is 5.95 Å². The van der Waals surface area contributed by atoms with E-state index in [1.165, 1.54) is 0 Å². The SMILES string of the molecule is COc1ccc(OC)c(C2CCNc3nccn32)c1. The number of benzene rings is 1. The van der Waals surface area contributed by atoms with Crippen LogP contribution in [0.1, 0.15) is 18.0 Å². The highest BCUT2D eigenvalue weighted by atomic mass is 16.5. The fourth-order valence-electron chi connectivity index (χ4n) is 2.57. The summed E-state index contributed by atoms with van der Waals surface area (Å²) in [5, 5.41) is 3.29. The van der Waals surface area contributed by atoms with Crippen molar-refractivity contribution in [2.24, 2.45) is 0 Å². The number of methoxy groups -OCH3 is 2. The van der Waals surface area contributed by atoms with Gasteiger partial charge in [0.05, 0.1) is 20.3 Å². The van der Waals surface area contributed by atoms with Gasteiger partial charge in [0.25, 0.3) is 0 Å². The molecule has 100 valence electrons. The second-order valence-corrected chi connectivity index (χ2v) is 4.50. The molecule has 1 unspecified atom stereocenters. The molecule has 3 rings (SSSR count). The zero-order valence-electron chi connectivity index (χ0n) is 11.1. The Morgan fingerprint density at radius 1 is 1.32 bits per heavy atom. The van der Waals surface area contributed by atoms with E-state index in [0.29, 0.717) is 0 Å². The first kappa shape index (κ1) is 11.9. The molecule has 2 aromatic rings. The molecule has 0 amide bonds. The third-order valence-corrected chi connectivity index (χ3v) is 3.50. The Morgan fingerprint density at radius 3 is 3.00 bits per heavy atom. The Hall–Kier alpha value is -2.17. The van der Waals surface area contributed by atoms with Crippen LogP contribution in [-0.2, 0) is 0 Å². The molecule has 19 heavy (non-hydrogen) atoms. The molecule has 1 aromatic carbocycles. The molecule has 2 heterocycles. The van der Waals surface area contributed by atoms with Crippen molar-refractivity contribution in [3.05, 3.63) is 36.2 Å². The van der Waals surface area contributed by atoms with E-state index >= 15 is 0 Å². The van der Waals surface area contributed by atoms with Gasteiger partial charge in [-0.25, -0.2) is 4.98 Å². The maximum atomic E-state index is 5.48. The number of fused-ring (bicyclic) bond motifs is 1. The number of aromatic nitrogens is 2. The predicted octanol–water partition coefficient (Wildman–Crippen LogP) is 2.31. The average Bonchev–Trinajstić information content (AvgIpc) is 2.94. The second kappa shape index (κ2) is 4.84. The maximum Gasteiger partial charge on any atom is 0.203 e. The lowest BCUT2D eigenvalue weighted by molar-refractivity contribution is 0.388. The summed E-state index contributed by atoms with van der Waals surface area (Å²) in [6.45, 7) is 0.905. The molecule has 0 saturated heterocycles. The Kier molecular flexibility index (Phi) is 3.03. The van der Waals surface area contributed by atoms with Gasteiger partial charge in [0, 0.05) is 24.5 Å². The predicted molar refractivity (Wildman–Crippen MR) is 73.0 cm³/mol. The first-order chi connectivity index (χ1) is 9.33. The minimum atomic E-state index is 0.226.